The lowest BCUT2D eigenvalue weighted by molar-refractivity contribution is 0.270. The topological polar surface area (TPSA) is 17.4 Å². The third kappa shape index (κ3) is 2.57. The molecule has 0 amide bonds. The van der Waals surface area contributed by atoms with Crippen molar-refractivity contribution in [3.8, 4) is 5.75 Å². The number of benzene rings is 21. The molecule has 1 saturated heterocycles. The fourth-order valence-electron chi connectivity index (χ4n) is 29.8. The first-order valence-corrected chi connectivity index (χ1v) is 34.9. The zero-order chi connectivity index (χ0) is 56.2. The van der Waals surface area contributed by atoms with Crippen LogP contribution in [0.2, 0.25) is 0 Å². The molecule has 0 bridgehead atoms. The highest BCUT2D eigenvalue weighted by molar-refractivity contribution is 6.82. The number of fused-ring (bicyclic) bond motifs is 3. The molecule has 37 rings (SSSR count). The molecule has 2 spiro atoms. The van der Waals surface area contributed by atoms with Crippen molar-refractivity contribution in [3.63, 3.8) is 0 Å². The molecule has 3 heteroatoms. The van der Waals surface area contributed by atoms with Crippen molar-refractivity contribution in [1.29, 1.82) is 0 Å². The van der Waals surface area contributed by atoms with E-state index < -0.39 is 0 Å². The fraction of sp³-hybridized carbons (Fsp3) is 0.146. The smallest absolute Gasteiger partial charge is 0.119 e. The summed E-state index contributed by atoms with van der Waals surface area (Å²) < 4.78 is 9.39. The van der Waals surface area contributed by atoms with Crippen molar-refractivity contribution in [2.24, 2.45) is 0 Å². The maximum absolute atomic E-state index is 6.83. The van der Waals surface area contributed by atoms with Crippen LogP contribution in [0.5, 0.6) is 5.75 Å². The Morgan fingerprint density at radius 1 is 0.304 bits per heavy atom. The van der Waals surface area contributed by atoms with Crippen LogP contribution in [0.1, 0.15) is 72.4 Å². The normalized spacial score (nSPS) is 21.1. The zero-order valence-corrected chi connectivity index (χ0v) is 49.2. The molecule has 1 atom stereocenters. The average Bonchev–Trinajstić information content (AvgIpc) is 1.38. The number of likely N-dealkylation sites (tertiary alicyclic amines) is 1. The number of para-hydroxylation sites is 2. The summed E-state index contributed by atoms with van der Waals surface area (Å²) in [5, 5.41) is 92.8. The molecule has 406 valence electrons. The number of hydrogen-bond donors (Lipinski definition) is 0. The maximum atomic E-state index is 6.83. The van der Waals surface area contributed by atoms with E-state index >= 15 is 0 Å². The SMILES string of the molecule is CN1CC23c4c5c6c7c8c9c(c%10c%11c2c2c4c4c%12c5c5c6c6c8c8c%13c9c9c%10c%10c%11c%11c2c2c4c4c%12c%12c5c5c6c8c6c8c%13c9c9c%10c%10c%11c2c2c4c4c%12c5c6c5c8c9c%10c2c45)C73C1c1ccc(OCCCCCCCCn2c3ccccc3c3ccccc32)cc1. The highest BCUT2D eigenvalue weighted by Crippen LogP contribution is 2.87. The van der Waals surface area contributed by atoms with Gasteiger partial charge in [0.05, 0.1) is 17.4 Å². The van der Waals surface area contributed by atoms with Gasteiger partial charge >= 0.3 is 0 Å². The molecular weight excluding hydrogens is 1110 g/mol. The van der Waals surface area contributed by atoms with Crippen LogP contribution in [0.3, 0.4) is 0 Å². The second-order valence-electron chi connectivity index (χ2n) is 32.5. The molecule has 2 heterocycles. The largest absolute Gasteiger partial charge is 0.494 e. The van der Waals surface area contributed by atoms with Crippen LogP contribution in [0.15, 0.2) is 72.8 Å². The maximum Gasteiger partial charge on any atom is 0.119 e. The number of rotatable bonds is 11. The van der Waals surface area contributed by atoms with E-state index in [4.69, 9.17) is 4.74 Å². The van der Waals surface area contributed by atoms with Crippen LogP contribution in [0, 0.1) is 0 Å². The van der Waals surface area contributed by atoms with Gasteiger partial charge in [0.2, 0.25) is 0 Å². The molecule has 31 aromatic carbocycles. The highest BCUT2D eigenvalue weighted by atomic mass is 16.5. The van der Waals surface area contributed by atoms with Gasteiger partial charge in [0.25, 0.3) is 0 Å². The summed E-state index contributed by atoms with van der Waals surface area (Å²) in [6.45, 7) is 2.86. The highest BCUT2D eigenvalue weighted by Gasteiger charge is 2.76. The molecule has 4 aliphatic carbocycles. The Kier molecular flexibility index (Phi) is 4.31. The number of unbranched alkanes of at least 4 members (excludes halogenated alkanes) is 5. The van der Waals surface area contributed by atoms with Gasteiger partial charge in [-0.2, -0.15) is 0 Å². The first-order valence-electron chi connectivity index (χ1n) is 34.9. The van der Waals surface area contributed by atoms with Gasteiger partial charge in [-0.1, -0.05) is 74.2 Å². The van der Waals surface area contributed by atoms with Crippen LogP contribution in [0.25, 0.3) is 313 Å². The summed E-state index contributed by atoms with van der Waals surface area (Å²) in [5.41, 5.74) is 10.6. The van der Waals surface area contributed by atoms with Crippen LogP contribution in [-0.4, -0.2) is 29.7 Å². The van der Waals surface area contributed by atoms with Gasteiger partial charge in [-0.3, -0.25) is 4.90 Å². The quantitative estimate of drug-likeness (QED) is 0.0949. The van der Waals surface area contributed by atoms with E-state index in [1.807, 2.05) is 0 Å². The van der Waals surface area contributed by atoms with Crippen molar-refractivity contribution in [2.45, 2.75) is 61.9 Å². The Labute approximate surface area is 512 Å². The Morgan fingerprint density at radius 2 is 0.576 bits per heavy atom. The molecule has 1 fully saturated rings. The molecule has 0 saturated carbocycles. The minimum Gasteiger partial charge on any atom is -0.494 e. The summed E-state index contributed by atoms with van der Waals surface area (Å²) in [5.74, 6) is 1.02. The van der Waals surface area contributed by atoms with Crippen molar-refractivity contribution in [2.75, 3.05) is 20.2 Å². The Balaban J connectivity index is 0.655. The Bertz CT molecular complexity index is 8490. The van der Waals surface area contributed by atoms with Crippen LogP contribution >= 0.6 is 0 Å². The van der Waals surface area contributed by atoms with E-state index in [-0.39, 0.29) is 16.9 Å². The summed E-state index contributed by atoms with van der Waals surface area (Å²) in [6.07, 6.45) is 7.30. The average molecular weight is 1150 g/mol. The molecule has 32 aromatic rings. The first-order chi connectivity index (χ1) is 45.8. The molecular formula is C89H34N2O. The van der Waals surface area contributed by atoms with Gasteiger partial charge in [-0.15, -0.1) is 0 Å². The summed E-state index contributed by atoms with van der Waals surface area (Å²) in [6, 6.07) is 28.0. The monoisotopic (exact) mass is 1150 g/mol. The molecule has 1 aromatic heterocycles. The number of likely N-dealkylation sites (N-methyl/N-ethyl adjacent to an activating group) is 1. The molecule has 92 heavy (non-hydrogen) atoms. The van der Waals surface area contributed by atoms with Gasteiger partial charge in [0.15, 0.2) is 0 Å². The summed E-state index contributed by atoms with van der Waals surface area (Å²) in [7, 11) is 2.59. The van der Waals surface area contributed by atoms with Gasteiger partial charge in [-0.05, 0) is 363 Å². The number of hydrogen-bond acceptors (Lipinski definition) is 2. The molecule has 5 aliphatic rings. The number of aromatic nitrogens is 1. The molecule has 0 radical (unpaired) electrons. The van der Waals surface area contributed by atoms with E-state index in [1.54, 1.807) is 313 Å². The van der Waals surface area contributed by atoms with E-state index in [2.05, 4.69) is 89.3 Å². The third-order valence-corrected chi connectivity index (χ3v) is 30.8. The second-order valence-corrected chi connectivity index (χ2v) is 32.5. The van der Waals surface area contributed by atoms with Crippen LogP contribution in [0.4, 0.5) is 0 Å². The molecule has 1 aliphatic heterocycles. The number of aryl methyl sites for hydroxylation is 1. The van der Waals surface area contributed by atoms with Crippen LogP contribution in [-0.2, 0) is 17.4 Å². The lowest BCUT2D eigenvalue weighted by atomic mass is 9.47. The van der Waals surface area contributed by atoms with Gasteiger partial charge in [0.1, 0.15) is 5.75 Å². The second kappa shape index (κ2) is 10.1. The molecule has 0 N–H and O–H groups in total. The van der Waals surface area contributed by atoms with E-state index in [9.17, 15) is 0 Å². The standard InChI is InChI=1S/C89H34N2O/c1-90-22-88-83-75-67-57-47-39-31-29-30-33-37-35(31)43-51-45(37)55-49-41(33)42-34(30)38-36-32(29)40(39)48-54-44(36)52-46(38)56-50(42)60-59(49)71-65(55)73-63(51)69(61(67)53(43)47)77(83)79(73)85-81(71)82-72(60)66(56)74-64(52)70-62(54)68(58(48)57)76(75)84(88)78(70)80(74)86(82)89(85,88)87(90)23-16-18-24(19-17-23)92-21-11-5-3-2-4-10-20-91-27-14-8-6-12-25(27)26-13-7-9-15-28(26)91/h6-9,12-19,87H,2-5,10-11,20-22H2,1H3. The minimum atomic E-state index is -0.362. The lowest BCUT2D eigenvalue weighted by Crippen LogP contribution is -2.51. The zero-order valence-electron chi connectivity index (χ0n) is 49.2. The molecule has 1 unspecified atom stereocenters. The van der Waals surface area contributed by atoms with Crippen molar-refractivity contribution in [3.05, 3.63) is 101 Å². The lowest BCUT2D eigenvalue weighted by Gasteiger charge is -2.52. The van der Waals surface area contributed by atoms with Crippen molar-refractivity contribution >= 4 is 313 Å². The predicted octanol–water partition coefficient (Wildman–Crippen LogP) is 23.5. The van der Waals surface area contributed by atoms with Gasteiger partial charge in [-0.25, -0.2) is 0 Å². The van der Waals surface area contributed by atoms with E-state index in [1.165, 1.54) is 59.5 Å². The minimum absolute atomic E-state index is 0.113. The van der Waals surface area contributed by atoms with Crippen molar-refractivity contribution in [1.82, 2.24) is 9.47 Å². The van der Waals surface area contributed by atoms with Gasteiger partial charge in [0, 0.05) is 40.9 Å². The number of nitrogens with zero attached hydrogens (tertiary/aromatic N) is 2. The fourth-order valence-corrected chi connectivity index (χ4v) is 29.8. The summed E-state index contributed by atoms with van der Waals surface area (Å²) >= 11 is 0. The third-order valence-electron chi connectivity index (χ3n) is 30.8. The van der Waals surface area contributed by atoms with Gasteiger partial charge < -0.3 is 9.30 Å². The number of ether oxygens (including phenoxy) is 1. The molecule has 3 nitrogen and oxygen atoms in total. The van der Waals surface area contributed by atoms with E-state index in [0.29, 0.717) is 0 Å². The van der Waals surface area contributed by atoms with Crippen LogP contribution < -0.4 is 4.74 Å². The van der Waals surface area contributed by atoms with E-state index in [0.717, 1.165) is 31.9 Å². The van der Waals surface area contributed by atoms with Crippen molar-refractivity contribution < 1.29 is 4.74 Å². The Morgan fingerprint density at radius 3 is 0.902 bits per heavy atom. The summed E-state index contributed by atoms with van der Waals surface area (Å²) in [4.78, 5) is 2.96. The Hall–Kier alpha value is -10.3. The first kappa shape index (κ1) is 39.1. The predicted molar refractivity (Wildman–Crippen MR) is 388 cm³/mol.